The van der Waals surface area contributed by atoms with Crippen molar-refractivity contribution in [3.05, 3.63) is 0 Å². The lowest BCUT2D eigenvalue weighted by atomic mass is 10.1. The second-order valence-electron chi connectivity index (χ2n) is 4.64. The fourth-order valence-electron chi connectivity index (χ4n) is 2.23. The summed E-state index contributed by atoms with van der Waals surface area (Å²) < 4.78 is 0. The van der Waals surface area contributed by atoms with E-state index in [0.29, 0.717) is 19.0 Å². The van der Waals surface area contributed by atoms with Gasteiger partial charge in [-0.05, 0) is 25.7 Å². The number of nitrogens with zero attached hydrogens (tertiary/aromatic N) is 2. The van der Waals surface area contributed by atoms with Crippen LogP contribution in [-0.4, -0.2) is 41.6 Å². The number of hydrogen-bond donors (Lipinski definition) is 1. The maximum Gasteiger partial charge on any atom is 0.238 e. The number of rotatable bonds is 3. The van der Waals surface area contributed by atoms with Gasteiger partial charge in [-0.15, -0.1) is 0 Å². The quantitative estimate of drug-likeness (QED) is 0.702. The molecule has 4 nitrogen and oxygen atoms in total. The van der Waals surface area contributed by atoms with Crippen LogP contribution in [-0.2, 0) is 4.79 Å². The van der Waals surface area contributed by atoms with E-state index in [1.807, 2.05) is 19.0 Å². The zero-order valence-electron chi connectivity index (χ0n) is 8.94. The van der Waals surface area contributed by atoms with Gasteiger partial charge in [0.25, 0.3) is 0 Å². The fourth-order valence-corrected chi connectivity index (χ4v) is 2.23. The molecule has 2 atom stereocenters. The van der Waals surface area contributed by atoms with Crippen LogP contribution in [0.5, 0.6) is 0 Å². The van der Waals surface area contributed by atoms with Gasteiger partial charge >= 0.3 is 0 Å². The molecule has 1 saturated heterocycles. The van der Waals surface area contributed by atoms with Crippen LogP contribution in [0, 0.1) is 5.92 Å². The highest BCUT2D eigenvalue weighted by Crippen LogP contribution is 2.39. The van der Waals surface area contributed by atoms with Crippen LogP contribution < -0.4 is 5.73 Å². The van der Waals surface area contributed by atoms with E-state index < -0.39 is 0 Å². The molecule has 1 aliphatic heterocycles. The maximum absolute atomic E-state index is 11.7. The first-order valence-electron chi connectivity index (χ1n) is 5.38. The first kappa shape index (κ1) is 9.93. The summed E-state index contributed by atoms with van der Waals surface area (Å²) in [6.45, 7) is 2.59. The fraction of sp³-hybridized carbons (Fsp3) is 0.900. The Bertz CT molecular complexity index is 238. The molecule has 80 valence electrons. The molecule has 2 N–H and O–H groups in total. The van der Waals surface area contributed by atoms with E-state index in [1.165, 1.54) is 12.8 Å². The molecule has 0 aromatic rings. The molecule has 1 amide bonds. The van der Waals surface area contributed by atoms with Crippen LogP contribution in [0.4, 0.5) is 0 Å². The SMILES string of the molecule is CC(N)CN1C(=O)CC(C2CC2)N1C. The Morgan fingerprint density at radius 3 is 2.71 bits per heavy atom. The van der Waals surface area contributed by atoms with Crippen molar-refractivity contribution in [3.8, 4) is 0 Å². The summed E-state index contributed by atoms with van der Waals surface area (Å²) in [5.41, 5.74) is 5.71. The van der Waals surface area contributed by atoms with Crippen LogP contribution in [0.2, 0.25) is 0 Å². The normalized spacial score (nSPS) is 31.2. The molecule has 0 radical (unpaired) electrons. The minimum Gasteiger partial charge on any atom is -0.326 e. The van der Waals surface area contributed by atoms with Gasteiger partial charge in [-0.1, -0.05) is 0 Å². The summed E-state index contributed by atoms with van der Waals surface area (Å²) in [5, 5.41) is 3.91. The number of hydrazine groups is 1. The third kappa shape index (κ3) is 1.77. The topological polar surface area (TPSA) is 49.6 Å². The molecule has 2 rings (SSSR count). The first-order valence-corrected chi connectivity index (χ1v) is 5.38. The van der Waals surface area contributed by atoms with E-state index >= 15 is 0 Å². The molecule has 0 spiro atoms. The third-order valence-electron chi connectivity index (χ3n) is 3.16. The Labute approximate surface area is 85.0 Å². The standard InChI is InChI=1S/C10H19N3O/c1-7(11)6-13-10(14)5-9(12(13)2)8-3-4-8/h7-9H,3-6,11H2,1-2H3. The van der Waals surface area contributed by atoms with Crippen LogP contribution in [0.1, 0.15) is 26.2 Å². The predicted octanol–water partition coefficient (Wildman–Crippen LogP) is 0.191. The number of hydrogen-bond acceptors (Lipinski definition) is 3. The maximum atomic E-state index is 11.7. The van der Waals surface area contributed by atoms with Crippen LogP contribution in [0.25, 0.3) is 0 Å². The summed E-state index contributed by atoms with van der Waals surface area (Å²) in [6.07, 6.45) is 3.26. The van der Waals surface area contributed by atoms with Crippen LogP contribution in [0.3, 0.4) is 0 Å². The van der Waals surface area contributed by atoms with Crippen molar-refractivity contribution in [1.29, 1.82) is 0 Å². The lowest BCUT2D eigenvalue weighted by Crippen LogP contribution is -2.45. The Hall–Kier alpha value is -0.610. The zero-order valence-corrected chi connectivity index (χ0v) is 8.94. The summed E-state index contributed by atoms with van der Waals surface area (Å²) in [6, 6.07) is 0.501. The zero-order chi connectivity index (χ0) is 10.3. The van der Waals surface area contributed by atoms with Crippen LogP contribution in [0.15, 0.2) is 0 Å². The molecule has 0 bridgehead atoms. The molecule has 14 heavy (non-hydrogen) atoms. The molecule has 2 fully saturated rings. The highest BCUT2D eigenvalue weighted by Gasteiger charge is 2.43. The van der Waals surface area contributed by atoms with Crippen molar-refractivity contribution in [2.75, 3.05) is 13.6 Å². The second kappa shape index (κ2) is 3.51. The Kier molecular flexibility index (Phi) is 2.49. The Morgan fingerprint density at radius 2 is 2.21 bits per heavy atom. The van der Waals surface area contributed by atoms with Crippen molar-refractivity contribution in [2.24, 2.45) is 11.7 Å². The van der Waals surface area contributed by atoms with Gasteiger partial charge in [0.15, 0.2) is 0 Å². The molecule has 0 aromatic carbocycles. The average Bonchev–Trinajstić information content (AvgIpc) is 2.88. The molecule has 2 unspecified atom stereocenters. The van der Waals surface area contributed by atoms with Gasteiger partial charge in [-0.3, -0.25) is 9.80 Å². The summed E-state index contributed by atoms with van der Waals surface area (Å²) in [7, 11) is 2.01. The van der Waals surface area contributed by atoms with Gasteiger partial charge in [0, 0.05) is 25.6 Å². The Balaban J connectivity index is 1.99. The number of nitrogens with two attached hydrogens (primary N) is 1. The predicted molar refractivity (Wildman–Crippen MR) is 54.3 cm³/mol. The van der Waals surface area contributed by atoms with Gasteiger partial charge in [-0.2, -0.15) is 0 Å². The van der Waals surface area contributed by atoms with Crippen molar-refractivity contribution in [3.63, 3.8) is 0 Å². The molecule has 1 heterocycles. The molecular formula is C10H19N3O. The van der Waals surface area contributed by atoms with Gasteiger partial charge < -0.3 is 5.73 Å². The Morgan fingerprint density at radius 1 is 1.57 bits per heavy atom. The van der Waals surface area contributed by atoms with Gasteiger partial charge in [0.1, 0.15) is 0 Å². The highest BCUT2D eigenvalue weighted by atomic mass is 16.2. The van der Waals surface area contributed by atoms with Gasteiger partial charge in [0.2, 0.25) is 5.91 Å². The minimum absolute atomic E-state index is 0.0550. The van der Waals surface area contributed by atoms with Crippen molar-refractivity contribution in [2.45, 2.75) is 38.3 Å². The van der Waals surface area contributed by atoms with Crippen molar-refractivity contribution >= 4 is 5.91 Å². The van der Waals surface area contributed by atoms with Gasteiger partial charge in [0.05, 0.1) is 6.54 Å². The minimum atomic E-state index is 0.0550. The van der Waals surface area contributed by atoms with E-state index in [0.717, 1.165) is 5.92 Å². The van der Waals surface area contributed by atoms with E-state index in [9.17, 15) is 4.79 Å². The summed E-state index contributed by atoms with van der Waals surface area (Å²) in [4.78, 5) is 11.7. The van der Waals surface area contributed by atoms with E-state index in [-0.39, 0.29) is 11.9 Å². The van der Waals surface area contributed by atoms with E-state index in [4.69, 9.17) is 5.73 Å². The van der Waals surface area contributed by atoms with Gasteiger partial charge in [-0.25, -0.2) is 5.01 Å². The molecule has 0 aromatic heterocycles. The number of carbonyl (C=O) groups is 1. The summed E-state index contributed by atoms with van der Waals surface area (Å²) >= 11 is 0. The third-order valence-corrected chi connectivity index (χ3v) is 3.16. The van der Waals surface area contributed by atoms with Crippen molar-refractivity contribution < 1.29 is 4.79 Å². The molecule has 2 aliphatic rings. The first-order chi connectivity index (χ1) is 6.59. The lowest BCUT2D eigenvalue weighted by Gasteiger charge is -2.29. The molecule has 1 aliphatic carbocycles. The molecular weight excluding hydrogens is 178 g/mol. The number of carbonyl (C=O) groups excluding carboxylic acids is 1. The highest BCUT2D eigenvalue weighted by molar-refractivity contribution is 5.78. The van der Waals surface area contributed by atoms with Crippen molar-refractivity contribution in [1.82, 2.24) is 10.0 Å². The molecule has 4 heteroatoms. The van der Waals surface area contributed by atoms with E-state index in [1.54, 1.807) is 0 Å². The summed E-state index contributed by atoms with van der Waals surface area (Å²) in [5.74, 6) is 0.990. The number of amides is 1. The second-order valence-corrected chi connectivity index (χ2v) is 4.64. The monoisotopic (exact) mass is 197 g/mol. The smallest absolute Gasteiger partial charge is 0.238 e. The average molecular weight is 197 g/mol. The van der Waals surface area contributed by atoms with Crippen LogP contribution >= 0.6 is 0 Å². The lowest BCUT2D eigenvalue weighted by molar-refractivity contribution is -0.137. The molecule has 1 saturated carbocycles. The van der Waals surface area contributed by atoms with E-state index in [2.05, 4.69) is 5.01 Å². The largest absolute Gasteiger partial charge is 0.326 e.